The van der Waals surface area contributed by atoms with E-state index in [0.717, 1.165) is 38.5 Å². The molecule has 5 nitrogen and oxygen atoms in total. The summed E-state index contributed by atoms with van der Waals surface area (Å²) in [5.74, 6) is 0.791. The number of halogens is 3. The van der Waals surface area contributed by atoms with Gasteiger partial charge >= 0.3 is 6.18 Å². The Hall–Kier alpha value is -1.02. The molecular weight excluding hydrogens is 309 g/mol. The second-order valence-corrected chi connectivity index (χ2v) is 6.17. The lowest BCUT2D eigenvalue weighted by atomic mass is 10.1. The lowest BCUT2D eigenvalue weighted by Crippen LogP contribution is -2.50. The van der Waals surface area contributed by atoms with E-state index < -0.39 is 12.7 Å². The minimum atomic E-state index is -4.13. The summed E-state index contributed by atoms with van der Waals surface area (Å²) in [4.78, 5) is 7.92. The molecule has 8 heteroatoms. The number of aliphatic imine (C=N–C) groups is 1. The molecule has 1 atom stereocenters. The minimum Gasteiger partial charge on any atom is -0.378 e. The standard InChI is InChI=1S/C15H27F3N4O/c1-3-23-13-5-8-22(9-6-13)14(19-2)20-12-4-7-21(10-12)11-15(16,17)18/h12-13H,3-11H2,1-2H3,(H,19,20). The summed E-state index contributed by atoms with van der Waals surface area (Å²) in [5, 5.41) is 3.32. The summed E-state index contributed by atoms with van der Waals surface area (Å²) in [7, 11) is 1.72. The Morgan fingerprint density at radius 2 is 1.91 bits per heavy atom. The van der Waals surface area contributed by atoms with Crippen molar-refractivity contribution in [2.45, 2.75) is 44.5 Å². The van der Waals surface area contributed by atoms with Gasteiger partial charge in [-0.2, -0.15) is 13.2 Å². The smallest absolute Gasteiger partial charge is 0.378 e. The van der Waals surface area contributed by atoms with Crippen LogP contribution in [-0.4, -0.2) is 80.5 Å². The van der Waals surface area contributed by atoms with E-state index in [9.17, 15) is 13.2 Å². The van der Waals surface area contributed by atoms with Crippen LogP contribution in [0.2, 0.25) is 0 Å². The molecule has 2 rings (SSSR count). The number of hydrogen-bond donors (Lipinski definition) is 1. The highest BCUT2D eigenvalue weighted by Gasteiger charge is 2.35. The molecule has 0 radical (unpaired) electrons. The van der Waals surface area contributed by atoms with Crippen molar-refractivity contribution < 1.29 is 17.9 Å². The molecule has 0 aromatic carbocycles. The van der Waals surface area contributed by atoms with E-state index in [1.54, 1.807) is 7.05 Å². The normalized spacial score (nSPS) is 25.2. The lowest BCUT2D eigenvalue weighted by molar-refractivity contribution is -0.143. The van der Waals surface area contributed by atoms with Crippen LogP contribution in [0.4, 0.5) is 13.2 Å². The van der Waals surface area contributed by atoms with Gasteiger partial charge in [0.15, 0.2) is 5.96 Å². The highest BCUT2D eigenvalue weighted by Crippen LogP contribution is 2.20. The van der Waals surface area contributed by atoms with Crippen molar-refractivity contribution in [1.82, 2.24) is 15.1 Å². The molecule has 0 amide bonds. The molecule has 0 aromatic rings. The number of nitrogens with one attached hydrogen (secondary N) is 1. The topological polar surface area (TPSA) is 40.1 Å². The van der Waals surface area contributed by atoms with Gasteiger partial charge in [0.1, 0.15) is 0 Å². The van der Waals surface area contributed by atoms with Gasteiger partial charge in [-0.3, -0.25) is 9.89 Å². The van der Waals surface area contributed by atoms with Gasteiger partial charge in [0.25, 0.3) is 0 Å². The fourth-order valence-corrected chi connectivity index (χ4v) is 3.30. The number of alkyl halides is 3. The zero-order chi connectivity index (χ0) is 16.9. The summed E-state index contributed by atoms with van der Waals surface area (Å²) in [6, 6.07) is 0.0284. The predicted molar refractivity (Wildman–Crippen MR) is 83.6 cm³/mol. The van der Waals surface area contributed by atoms with Crippen molar-refractivity contribution in [3.05, 3.63) is 0 Å². The summed E-state index contributed by atoms with van der Waals surface area (Å²) in [6.07, 6.45) is -1.19. The summed E-state index contributed by atoms with van der Waals surface area (Å²) >= 11 is 0. The largest absolute Gasteiger partial charge is 0.401 e. The minimum absolute atomic E-state index is 0.0284. The number of rotatable bonds is 4. The number of piperidine rings is 1. The zero-order valence-corrected chi connectivity index (χ0v) is 13.9. The Kier molecular flexibility index (Phi) is 6.52. The summed E-state index contributed by atoms with van der Waals surface area (Å²) in [6.45, 7) is 4.51. The van der Waals surface area contributed by atoms with Crippen LogP contribution in [0.1, 0.15) is 26.2 Å². The van der Waals surface area contributed by atoms with Crippen LogP contribution in [0, 0.1) is 0 Å². The van der Waals surface area contributed by atoms with Gasteiger partial charge in [0.2, 0.25) is 0 Å². The molecule has 2 saturated heterocycles. The van der Waals surface area contributed by atoms with Gasteiger partial charge in [-0.05, 0) is 26.2 Å². The molecule has 0 aliphatic carbocycles. The van der Waals surface area contributed by atoms with Gasteiger partial charge < -0.3 is 15.0 Å². The Labute approximate surface area is 135 Å². The second kappa shape index (κ2) is 8.19. The van der Waals surface area contributed by atoms with Crippen molar-refractivity contribution >= 4 is 5.96 Å². The third-order valence-electron chi connectivity index (χ3n) is 4.36. The Morgan fingerprint density at radius 1 is 1.22 bits per heavy atom. The van der Waals surface area contributed by atoms with E-state index in [1.807, 2.05) is 6.92 Å². The molecule has 2 heterocycles. The van der Waals surface area contributed by atoms with Crippen LogP contribution in [0.25, 0.3) is 0 Å². The Morgan fingerprint density at radius 3 is 2.48 bits per heavy atom. The molecular formula is C15H27F3N4O. The highest BCUT2D eigenvalue weighted by atomic mass is 19.4. The average Bonchev–Trinajstić information content (AvgIpc) is 2.91. The first-order valence-electron chi connectivity index (χ1n) is 8.30. The second-order valence-electron chi connectivity index (χ2n) is 6.17. The molecule has 1 unspecified atom stereocenters. The van der Waals surface area contributed by atoms with Gasteiger partial charge in [0, 0.05) is 45.9 Å². The van der Waals surface area contributed by atoms with Gasteiger partial charge in [-0.1, -0.05) is 0 Å². The van der Waals surface area contributed by atoms with Gasteiger partial charge in [-0.15, -0.1) is 0 Å². The van der Waals surface area contributed by atoms with E-state index in [1.165, 1.54) is 4.90 Å². The number of guanidine groups is 1. The van der Waals surface area contributed by atoms with Crippen molar-refractivity contribution in [3.63, 3.8) is 0 Å². The highest BCUT2D eigenvalue weighted by molar-refractivity contribution is 5.80. The third-order valence-corrected chi connectivity index (χ3v) is 4.36. The molecule has 0 spiro atoms. The van der Waals surface area contributed by atoms with Crippen molar-refractivity contribution in [2.24, 2.45) is 4.99 Å². The number of ether oxygens (including phenoxy) is 1. The van der Waals surface area contributed by atoms with Crippen molar-refractivity contribution in [3.8, 4) is 0 Å². The van der Waals surface area contributed by atoms with E-state index in [0.29, 0.717) is 25.6 Å². The fourth-order valence-electron chi connectivity index (χ4n) is 3.30. The predicted octanol–water partition coefficient (Wildman–Crippen LogP) is 1.70. The van der Waals surface area contributed by atoms with E-state index in [4.69, 9.17) is 4.74 Å². The molecule has 0 bridgehead atoms. The first-order chi connectivity index (χ1) is 10.9. The Bertz CT molecular complexity index is 395. The maximum Gasteiger partial charge on any atom is 0.401 e. The van der Waals surface area contributed by atoms with Crippen molar-refractivity contribution in [1.29, 1.82) is 0 Å². The van der Waals surface area contributed by atoms with E-state index >= 15 is 0 Å². The molecule has 0 aromatic heterocycles. The van der Waals surface area contributed by atoms with Gasteiger partial charge in [-0.25, -0.2) is 0 Å². The van der Waals surface area contributed by atoms with E-state index in [2.05, 4.69) is 15.2 Å². The molecule has 2 fully saturated rings. The van der Waals surface area contributed by atoms with Crippen LogP contribution in [0.5, 0.6) is 0 Å². The SMILES string of the molecule is CCOC1CCN(C(=NC)NC2CCN(CC(F)(F)F)C2)CC1. The zero-order valence-electron chi connectivity index (χ0n) is 13.9. The molecule has 1 N–H and O–H groups in total. The van der Waals surface area contributed by atoms with Crippen molar-refractivity contribution in [2.75, 3.05) is 46.4 Å². The Balaban J connectivity index is 1.78. The molecule has 23 heavy (non-hydrogen) atoms. The summed E-state index contributed by atoms with van der Waals surface area (Å²) in [5.41, 5.74) is 0. The molecule has 2 aliphatic heterocycles. The van der Waals surface area contributed by atoms with Crippen LogP contribution in [0.15, 0.2) is 4.99 Å². The third kappa shape index (κ3) is 5.84. The lowest BCUT2D eigenvalue weighted by Gasteiger charge is -2.35. The van der Waals surface area contributed by atoms with Gasteiger partial charge in [0.05, 0.1) is 12.6 Å². The maximum absolute atomic E-state index is 12.4. The number of hydrogen-bond acceptors (Lipinski definition) is 3. The molecule has 2 aliphatic rings. The molecule has 0 saturated carbocycles. The average molecular weight is 336 g/mol. The van der Waals surface area contributed by atoms with E-state index in [-0.39, 0.29) is 6.04 Å². The maximum atomic E-state index is 12.4. The first-order valence-corrected chi connectivity index (χ1v) is 8.30. The number of nitrogens with zero attached hydrogens (tertiary/aromatic N) is 3. The van der Waals surface area contributed by atoms with Crippen LogP contribution in [0.3, 0.4) is 0 Å². The fraction of sp³-hybridized carbons (Fsp3) is 0.933. The first kappa shape index (κ1) is 18.3. The number of likely N-dealkylation sites (tertiary alicyclic amines) is 2. The molecule has 134 valence electrons. The van der Waals surface area contributed by atoms with Crippen LogP contribution >= 0.6 is 0 Å². The quantitative estimate of drug-likeness (QED) is 0.627. The van der Waals surface area contributed by atoms with Crippen LogP contribution < -0.4 is 5.32 Å². The summed E-state index contributed by atoms with van der Waals surface area (Å²) < 4.78 is 43.0. The monoisotopic (exact) mass is 336 g/mol. The van der Waals surface area contributed by atoms with Crippen LogP contribution in [-0.2, 0) is 4.74 Å².